The van der Waals surface area contributed by atoms with Crippen molar-refractivity contribution >= 4 is 17.0 Å². The number of hydrogen-bond acceptors (Lipinski definition) is 3. The molecular weight excluding hydrogens is 278 g/mol. The van der Waals surface area contributed by atoms with E-state index in [-0.39, 0.29) is 10.8 Å². The van der Waals surface area contributed by atoms with Crippen molar-refractivity contribution in [1.29, 1.82) is 0 Å². The van der Waals surface area contributed by atoms with Crippen LogP contribution in [0.3, 0.4) is 0 Å². The van der Waals surface area contributed by atoms with Crippen molar-refractivity contribution in [3.8, 4) is 0 Å². The smallest absolute Gasteiger partial charge is 0.250 e. The Morgan fingerprint density at radius 1 is 1.23 bits per heavy atom. The molecule has 0 amide bonds. The lowest BCUT2D eigenvalue weighted by atomic mass is 9.83. The van der Waals surface area contributed by atoms with Gasteiger partial charge in [0, 0.05) is 28.9 Å². The zero-order valence-electron chi connectivity index (χ0n) is 12.0. The molecule has 0 fully saturated rings. The zero-order chi connectivity index (χ0) is 15.1. The molecule has 0 aliphatic heterocycles. The van der Waals surface area contributed by atoms with Gasteiger partial charge in [-0.1, -0.05) is 36.4 Å². The molecule has 4 nitrogen and oxygen atoms in total. The largest absolute Gasteiger partial charge is 0.456 e. The second-order valence-corrected chi connectivity index (χ2v) is 5.71. The Hall–Kier alpha value is -2.62. The first-order chi connectivity index (χ1) is 10.7. The van der Waals surface area contributed by atoms with Crippen LogP contribution in [0.25, 0.3) is 17.0 Å². The molecular formula is C18H15NO3. The van der Waals surface area contributed by atoms with Gasteiger partial charge in [0.05, 0.1) is 4.92 Å². The normalized spacial score (nSPS) is 20.5. The highest BCUT2D eigenvalue weighted by molar-refractivity contribution is 5.85. The van der Waals surface area contributed by atoms with Crippen molar-refractivity contribution < 1.29 is 9.34 Å². The first kappa shape index (κ1) is 13.1. The topological polar surface area (TPSA) is 56.3 Å². The molecule has 4 rings (SSSR count). The SMILES string of the molecule is O=[N+]([O-])C1=C(C2C=Cc3oc4ccccc4c3C2)C=CCC1. The van der Waals surface area contributed by atoms with Crippen molar-refractivity contribution in [2.45, 2.75) is 19.3 Å². The lowest BCUT2D eigenvalue weighted by Gasteiger charge is -2.19. The highest BCUT2D eigenvalue weighted by atomic mass is 16.6. The molecule has 1 unspecified atom stereocenters. The fourth-order valence-corrected chi connectivity index (χ4v) is 3.37. The molecule has 0 saturated heterocycles. The van der Waals surface area contributed by atoms with E-state index in [2.05, 4.69) is 0 Å². The second kappa shape index (κ2) is 4.98. The Balaban J connectivity index is 1.78. The monoisotopic (exact) mass is 293 g/mol. The van der Waals surface area contributed by atoms with Crippen molar-refractivity contribution in [3.63, 3.8) is 0 Å². The van der Waals surface area contributed by atoms with Gasteiger partial charge in [-0.25, -0.2) is 0 Å². The zero-order valence-corrected chi connectivity index (χ0v) is 12.0. The van der Waals surface area contributed by atoms with E-state index in [4.69, 9.17) is 4.42 Å². The highest BCUT2D eigenvalue weighted by Gasteiger charge is 2.28. The minimum absolute atomic E-state index is 0.0467. The molecule has 110 valence electrons. The number of hydrogen-bond donors (Lipinski definition) is 0. The Labute approximate surface area is 127 Å². The molecule has 0 saturated carbocycles. The molecule has 2 aliphatic rings. The average Bonchev–Trinajstić information content (AvgIpc) is 2.92. The van der Waals surface area contributed by atoms with E-state index in [9.17, 15) is 10.1 Å². The average molecular weight is 293 g/mol. The molecule has 1 heterocycles. The molecule has 0 N–H and O–H groups in total. The molecule has 0 bridgehead atoms. The molecule has 1 atom stereocenters. The van der Waals surface area contributed by atoms with E-state index in [0.717, 1.165) is 40.7 Å². The third kappa shape index (κ3) is 1.99. The molecule has 0 radical (unpaired) electrons. The number of benzene rings is 1. The van der Waals surface area contributed by atoms with Crippen molar-refractivity contribution in [1.82, 2.24) is 0 Å². The first-order valence-electron chi connectivity index (χ1n) is 7.46. The van der Waals surface area contributed by atoms with E-state index in [1.54, 1.807) is 0 Å². The summed E-state index contributed by atoms with van der Waals surface area (Å²) < 4.78 is 5.85. The maximum atomic E-state index is 11.3. The van der Waals surface area contributed by atoms with Crippen LogP contribution < -0.4 is 0 Å². The van der Waals surface area contributed by atoms with Crippen LogP contribution in [-0.2, 0) is 6.42 Å². The summed E-state index contributed by atoms with van der Waals surface area (Å²) >= 11 is 0. The van der Waals surface area contributed by atoms with Gasteiger partial charge in [0.2, 0.25) is 5.70 Å². The maximum absolute atomic E-state index is 11.3. The number of nitrogens with zero attached hydrogens (tertiary/aromatic N) is 1. The van der Waals surface area contributed by atoms with E-state index in [1.165, 1.54) is 0 Å². The summed E-state index contributed by atoms with van der Waals surface area (Å²) in [4.78, 5) is 11.1. The Morgan fingerprint density at radius 3 is 2.95 bits per heavy atom. The van der Waals surface area contributed by atoms with Crippen LogP contribution >= 0.6 is 0 Å². The number of rotatable bonds is 2. The van der Waals surface area contributed by atoms with Crippen molar-refractivity contribution in [2.24, 2.45) is 5.92 Å². The third-order valence-electron chi connectivity index (χ3n) is 4.43. The highest BCUT2D eigenvalue weighted by Crippen LogP contribution is 2.37. The summed E-state index contributed by atoms with van der Waals surface area (Å²) in [5.41, 5.74) is 3.22. The molecule has 2 aliphatic carbocycles. The summed E-state index contributed by atoms with van der Waals surface area (Å²) in [6.45, 7) is 0. The maximum Gasteiger partial charge on any atom is 0.250 e. The quantitative estimate of drug-likeness (QED) is 0.605. The third-order valence-corrected chi connectivity index (χ3v) is 4.43. The van der Waals surface area contributed by atoms with Gasteiger partial charge < -0.3 is 4.42 Å². The summed E-state index contributed by atoms with van der Waals surface area (Å²) in [5.74, 6) is 0.922. The summed E-state index contributed by atoms with van der Waals surface area (Å²) in [7, 11) is 0. The second-order valence-electron chi connectivity index (χ2n) is 5.71. The first-order valence-corrected chi connectivity index (χ1v) is 7.46. The molecule has 22 heavy (non-hydrogen) atoms. The fourth-order valence-electron chi connectivity index (χ4n) is 3.37. The van der Waals surface area contributed by atoms with Gasteiger partial charge in [0.1, 0.15) is 11.3 Å². The fraction of sp³-hybridized carbons (Fsp3) is 0.222. The summed E-state index contributed by atoms with van der Waals surface area (Å²) in [6, 6.07) is 7.95. The van der Waals surface area contributed by atoms with Gasteiger partial charge in [-0.15, -0.1) is 0 Å². The van der Waals surface area contributed by atoms with Crippen LogP contribution in [0.15, 0.2) is 58.2 Å². The minimum atomic E-state index is -0.227. The van der Waals surface area contributed by atoms with Crippen LogP contribution in [0.5, 0.6) is 0 Å². The molecule has 2 aromatic rings. The van der Waals surface area contributed by atoms with Crippen LogP contribution in [0, 0.1) is 16.0 Å². The molecule has 1 aromatic carbocycles. The Bertz CT molecular complexity index is 854. The number of nitro groups is 1. The lowest BCUT2D eigenvalue weighted by Crippen LogP contribution is -2.15. The Kier molecular flexibility index (Phi) is 2.96. The predicted octanol–water partition coefficient (Wildman–Crippen LogP) is 4.50. The van der Waals surface area contributed by atoms with Crippen molar-refractivity contribution in [2.75, 3.05) is 0 Å². The summed E-state index contributed by atoms with van der Waals surface area (Å²) in [6.07, 6.45) is 9.94. The number of furan rings is 1. The standard InChI is InChI=1S/C18H15NO3/c20-19(21)16-7-3-1-5-13(16)12-9-10-18-15(11-12)14-6-2-4-8-17(14)22-18/h1-2,4-6,8-10,12H,3,7,11H2. The van der Waals surface area contributed by atoms with Crippen LogP contribution in [0.1, 0.15) is 24.2 Å². The number of fused-ring (bicyclic) bond motifs is 3. The van der Waals surface area contributed by atoms with Gasteiger partial charge >= 0.3 is 0 Å². The van der Waals surface area contributed by atoms with Gasteiger partial charge in [0.15, 0.2) is 0 Å². The molecule has 4 heteroatoms. The van der Waals surface area contributed by atoms with Gasteiger partial charge in [0.25, 0.3) is 0 Å². The van der Waals surface area contributed by atoms with E-state index >= 15 is 0 Å². The summed E-state index contributed by atoms with van der Waals surface area (Å²) in [5, 5.41) is 12.4. The number of allylic oxidation sites excluding steroid dienone is 5. The molecule has 0 spiro atoms. The van der Waals surface area contributed by atoms with Crippen LogP contribution in [0.4, 0.5) is 0 Å². The lowest BCUT2D eigenvalue weighted by molar-refractivity contribution is -0.429. The van der Waals surface area contributed by atoms with Crippen molar-refractivity contribution in [3.05, 3.63) is 75.2 Å². The van der Waals surface area contributed by atoms with E-state index in [1.807, 2.05) is 48.6 Å². The number of para-hydroxylation sites is 1. The van der Waals surface area contributed by atoms with Gasteiger partial charge in [-0.05, 0) is 25.0 Å². The Morgan fingerprint density at radius 2 is 2.09 bits per heavy atom. The van der Waals surface area contributed by atoms with E-state index < -0.39 is 0 Å². The van der Waals surface area contributed by atoms with E-state index in [0.29, 0.717) is 12.1 Å². The van der Waals surface area contributed by atoms with Gasteiger partial charge in [-0.2, -0.15) is 0 Å². The van der Waals surface area contributed by atoms with Crippen LogP contribution in [-0.4, -0.2) is 4.92 Å². The minimum Gasteiger partial charge on any atom is -0.456 e. The molecule has 1 aromatic heterocycles. The predicted molar refractivity (Wildman–Crippen MR) is 84.8 cm³/mol. The van der Waals surface area contributed by atoms with Crippen LogP contribution in [0.2, 0.25) is 0 Å². The van der Waals surface area contributed by atoms with Gasteiger partial charge in [-0.3, -0.25) is 10.1 Å².